The van der Waals surface area contributed by atoms with Gasteiger partial charge in [-0.3, -0.25) is 4.79 Å². The Balaban J connectivity index is 2.43. The van der Waals surface area contributed by atoms with Crippen LogP contribution in [-0.2, 0) is 0 Å². The summed E-state index contributed by atoms with van der Waals surface area (Å²) in [7, 11) is 4.71. The molecule has 0 unspecified atom stereocenters. The van der Waals surface area contributed by atoms with Gasteiger partial charge >= 0.3 is 0 Å². The maximum Gasteiger partial charge on any atom is 0.251 e. The molecule has 0 bridgehead atoms. The Bertz CT molecular complexity index is 750. The maximum atomic E-state index is 11.4. The average Bonchev–Trinajstić information content (AvgIpc) is 2.51. The number of aromatic amines is 1. The van der Waals surface area contributed by atoms with Gasteiger partial charge in [-0.2, -0.15) is 0 Å². The predicted octanol–water partition coefficient (Wildman–Crippen LogP) is 2.27. The third-order valence-electron chi connectivity index (χ3n) is 3.04. The van der Waals surface area contributed by atoms with E-state index in [-0.39, 0.29) is 5.56 Å². The fourth-order valence-corrected chi connectivity index (χ4v) is 2.03. The van der Waals surface area contributed by atoms with Crippen molar-refractivity contribution in [3.63, 3.8) is 0 Å². The summed E-state index contributed by atoms with van der Waals surface area (Å²) in [5.74, 6) is 2.28. The summed E-state index contributed by atoms with van der Waals surface area (Å²) in [6, 6.07) is 4.97. The molecule has 0 aliphatic carbocycles. The Morgan fingerprint density at radius 1 is 0.955 bits per heavy atom. The third kappa shape index (κ3) is 3.46. The van der Waals surface area contributed by atoms with Gasteiger partial charge in [-0.1, -0.05) is 0 Å². The molecular weight excluding hydrogens is 284 g/mol. The first kappa shape index (κ1) is 15.6. The van der Waals surface area contributed by atoms with E-state index in [1.54, 1.807) is 52.5 Å². The largest absolute Gasteiger partial charge is 0.496 e. The van der Waals surface area contributed by atoms with E-state index < -0.39 is 0 Å². The number of aromatic nitrogens is 2. The molecule has 0 saturated heterocycles. The summed E-state index contributed by atoms with van der Waals surface area (Å²) >= 11 is 0. The van der Waals surface area contributed by atoms with Crippen LogP contribution in [0.25, 0.3) is 12.2 Å². The maximum absolute atomic E-state index is 11.4. The SMILES string of the molecule is COc1cc(OC)c(OC)cc1/C=C/c1nc(C)cc(=O)[nH]1. The number of hydrogen-bond acceptors (Lipinski definition) is 5. The highest BCUT2D eigenvalue weighted by atomic mass is 16.5. The van der Waals surface area contributed by atoms with Gasteiger partial charge in [0.15, 0.2) is 11.5 Å². The van der Waals surface area contributed by atoms with Gasteiger partial charge in [0.25, 0.3) is 5.56 Å². The Labute approximate surface area is 128 Å². The van der Waals surface area contributed by atoms with Crippen molar-refractivity contribution in [2.24, 2.45) is 0 Å². The van der Waals surface area contributed by atoms with Gasteiger partial charge < -0.3 is 19.2 Å². The zero-order valence-electron chi connectivity index (χ0n) is 13.0. The summed E-state index contributed by atoms with van der Waals surface area (Å²) in [6.07, 6.45) is 3.50. The van der Waals surface area contributed by atoms with Crippen LogP contribution in [0, 0.1) is 6.92 Å². The lowest BCUT2D eigenvalue weighted by Gasteiger charge is -2.12. The molecule has 1 heterocycles. The van der Waals surface area contributed by atoms with Crippen molar-refractivity contribution in [1.82, 2.24) is 9.97 Å². The zero-order chi connectivity index (χ0) is 16.1. The summed E-state index contributed by atoms with van der Waals surface area (Å²) in [5, 5.41) is 0. The first-order valence-electron chi connectivity index (χ1n) is 6.63. The normalized spacial score (nSPS) is 10.7. The quantitative estimate of drug-likeness (QED) is 0.917. The van der Waals surface area contributed by atoms with Gasteiger partial charge in [0.05, 0.1) is 21.3 Å². The fraction of sp³-hybridized carbons (Fsp3) is 0.250. The molecular formula is C16H18N2O4. The van der Waals surface area contributed by atoms with Crippen molar-refractivity contribution in [2.75, 3.05) is 21.3 Å². The molecule has 0 aliphatic heterocycles. The second-order valence-corrected chi connectivity index (χ2v) is 4.55. The summed E-state index contributed by atoms with van der Waals surface area (Å²) in [4.78, 5) is 18.3. The predicted molar refractivity (Wildman–Crippen MR) is 84.6 cm³/mol. The van der Waals surface area contributed by atoms with Crippen LogP contribution in [0.4, 0.5) is 0 Å². The average molecular weight is 302 g/mol. The number of aryl methyl sites for hydroxylation is 1. The number of rotatable bonds is 5. The number of hydrogen-bond donors (Lipinski definition) is 1. The van der Waals surface area contributed by atoms with Crippen LogP contribution in [0.1, 0.15) is 17.1 Å². The minimum absolute atomic E-state index is 0.188. The lowest BCUT2D eigenvalue weighted by Crippen LogP contribution is -2.08. The van der Waals surface area contributed by atoms with E-state index in [0.29, 0.717) is 28.8 Å². The summed E-state index contributed by atoms with van der Waals surface area (Å²) < 4.78 is 15.9. The summed E-state index contributed by atoms with van der Waals surface area (Å²) in [6.45, 7) is 1.77. The first-order chi connectivity index (χ1) is 10.6. The van der Waals surface area contributed by atoms with E-state index in [2.05, 4.69) is 9.97 Å². The van der Waals surface area contributed by atoms with E-state index in [1.807, 2.05) is 0 Å². The van der Waals surface area contributed by atoms with Crippen LogP contribution in [-0.4, -0.2) is 31.3 Å². The lowest BCUT2D eigenvalue weighted by molar-refractivity contribution is 0.348. The molecule has 22 heavy (non-hydrogen) atoms. The first-order valence-corrected chi connectivity index (χ1v) is 6.63. The number of benzene rings is 1. The molecule has 0 fully saturated rings. The van der Waals surface area contributed by atoms with Crippen molar-refractivity contribution < 1.29 is 14.2 Å². The number of H-pyrrole nitrogens is 1. The van der Waals surface area contributed by atoms with Crippen LogP contribution in [0.15, 0.2) is 23.0 Å². The Hall–Kier alpha value is -2.76. The molecule has 0 spiro atoms. The van der Waals surface area contributed by atoms with E-state index in [4.69, 9.17) is 14.2 Å². The van der Waals surface area contributed by atoms with Gasteiger partial charge in [-0.25, -0.2) is 4.98 Å². The van der Waals surface area contributed by atoms with E-state index in [0.717, 1.165) is 5.56 Å². The van der Waals surface area contributed by atoms with Crippen molar-refractivity contribution >= 4 is 12.2 Å². The minimum Gasteiger partial charge on any atom is -0.496 e. The van der Waals surface area contributed by atoms with Gasteiger partial charge in [0.1, 0.15) is 11.6 Å². The Morgan fingerprint density at radius 2 is 1.59 bits per heavy atom. The topological polar surface area (TPSA) is 73.4 Å². The van der Waals surface area contributed by atoms with Crippen LogP contribution >= 0.6 is 0 Å². The van der Waals surface area contributed by atoms with Gasteiger partial charge in [-0.15, -0.1) is 0 Å². The minimum atomic E-state index is -0.188. The molecule has 0 amide bonds. The molecule has 0 atom stereocenters. The molecule has 1 aromatic heterocycles. The molecule has 1 aromatic carbocycles. The molecule has 116 valence electrons. The van der Waals surface area contributed by atoms with E-state index in [1.165, 1.54) is 6.07 Å². The third-order valence-corrected chi connectivity index (χ3v) is 3.04. The van der Waals surface area contributed by atoms with E-state index in [9.17, 15) is 4.79 Å². The number of nitrogens with zero attached hydrogens (tertiary/aromatic N) is 1. The van der Waals surface area contributed by atoms with Crippen LogP contribution in [0.5, 0.6) is 17.2 Å². The molecule has 0 radical (unpaired) electrons. The van der Waals surface area contributed by atoms with Crippen LogP contribution in [0.3, 0.4) is 0 Å². The highest BCUT2D eigenvalue weighted by Gasteiger charge is 2.10. The highest BCUT2D eigenvalue weighted by molar-refractivity contribution is 5.72. The highest BCUT2D eigenvalue weighted by Crippen LogP contribution is 2.35. The number of methoxy groups -OCH3 is 3. The monoisotopic (exact) mass is 302 g/mol. The second-order valence-electron chi connectivity index (χ2n) is 4.55. The van der Waals surface area contributed by atoms with Gasteiger partial charge in [0, 0.05) is 23.4 Å². The Kier molecular flexibility index (Phi) is 4.83. The smallest absolute Gasteiger partial charge is 0.251 e. The standard InChI is InChI=1S/C16H18N2O4/c1-10-7-16(19)18-15(17-10)6-5-11-8-13(21-3)14(22-4)9-12(11)20-2/h5-9H,1-4H3,(H,17,18,19)/b6-5+. The molecule has 0 aliphatic rings. The summed E-state index contributed by atoms with van der Waals surface area (Å²) in [5.41, 5.74) is 1.25. The molecule has 0 saturated carbocycles. The van der Waals surface area contributed by atoms with Crippen molar-refractivity contribution in [3.05, 3.63) is 45.6 Å². The fourth-order valence-electron chi connectivity index (χ4n) is 2.03. The van der Waals surface area contributed by atoms with E-state index >= 15 is 0 Å². The van der Waals surface area contributed by atoms with Crippen LogP contribution < -0.4 is 19.8 Å². The molecule has 6 nitrogen and oxygen atoms in total. The Morgan fingerprint density at radius 3 is 2.18 bits per heavy atom. The second kappa shape index (κ2) is 6.80. The zero-order valence-corrected chi connectivity index (χ0v) is 13.0. The lowest BCUT2D eigenvalue weighted by atomic mass is 10.1. The van der Waals surface area contributed by atoms with Crippen molar-refractivity contribution in [3.8, 4) is 17.2 Å². The van der Waals surface area contributed by atoms with Crippen LogP contribution in [0.2, 0.25) is 0 Å². The van der Waals surface area contributed by atoms with Gasteiger partial charge in [0.2, 0.25) is 0 Å². The van der Waals surface area contributed by atoms with Crippen molar-refractivity contribution in [2.45, 2.75) is 6.92 Å². The molecule has 2 rings (SSSR count). The number of nitrogens with one attached hydrogen (secondary N) is 1. The molecule has 1 N–H and O–H groups in total. The molecule has 2 aromatic rings. The molecule has 6 heteroatoms. The number of ether oxygens (including phenoxy) is 3. The van der Waals surface area contributed by atoms with Gasteiger partial charge in [-0.05, 0) is 25.1 Å². The van der Waals surface area contributed by atoms with Crippen molar-refractivity contribution in [1.29, 1.82) is 0 Å².